The van der Waals surface area contributed by atoms with Crippen molar-refractivity contribution in [3.05, 3.63) is 70.3 Å². The van der Waals surface area contributed by atoms with Crippen molar-refractivity contribution in [3.8, 4) is 0 Å². The molecule has 10 heteroatoms. The second-order valence-corrected chi connectivity index (χ2v) is 10.5. The molecule has 3 aliphatic rings. The Balaban J connectivity index is 1.55. The van der Waals surface area contributed by atoms with Gasteiger partial charge < -0.3 is 9.47 Å². The van der Waals surface area contributed by atoms with E-state index in [4.69, 9.17) is 14.5 Å². The van der Waals surface area contributed by atoms with E-state index in [0.29, 0.717) is 22.2 Å². The van der Waals surface area contributed by atoms with Gasteiger partial charge in [0.1, 0.15) is 12.2 Å². The Kier molecular flexibility index (Phi) is 5.43. The van der Waals surface area contributed by atoms with Crippen LogP contribution in [0, 0.1) is 5.92 Å². The predicted molar refractivity (Wildman–Crippen MR) is 137 cm³/mol. The molecule has 1 amide bonds. The van der Waals surface area contributed by atoms with Crippen LogP contribution >= 0.6 is 0 Å². The molecule has 0 aliphatic carbocycles. The second kappa shape index (κ2) is 8.49. The van der Waals surface area contributed by atoms with Gasteiger partial charge in [-0.2, -0.15) is 0 Å². The molecule has 1 spiro atoms. The minimum Gasteiger partial charge on any atom is -0.454 e. The zero-order valence-corrected chi connectivity index (χ0v) is 21.5. The van der Waals surface area contributed by atoms with Crippen LogP contribution in [0.4, 0.5) is 5.69 Å². The quantitative estimate of drug-likeness (QED) is 0.526. The third-order valence-corrected chi connectivity index (χ3v) is 7.69. The van der Waals surface area contributed by atoms with Crippen molar-refractivity contribution in [2.45, 2.75) is 64.1 Å². The van der Waals surface area contributed by atoms with Gasteiger partial charge in [0.15, 0.2) is 17.5 Å². The number of nitrogens with one attached hydrogen (secondary N) is 1. The lowest BCUT2D eigenvalue weighted by Gasteiger charge is -2.30. The third-order valence-electron chi connectivity index (χ3n) is 7.69. The fourth-order valence-corrected chi connectivity index (χ4v) is 6.03. The SMILES string of the molecule is CC(=O)O[C@@H](c1nc2ccccc2c(=O)n1[C@H]1C[C@@]2(OC1=O)c1ccccc1N1C(=O)[C@H](C)N[C@@H]12)C(C)C. The smallest absolute Gasteiger partial charge is 0.330 e. The van der Waals surface area contributed by atoms with Crippen molar-refractivity contribution in [1.82, 2.24) is 14.9 Å². The summed E-state index contributed by atoms with van der Waals surface area (Å²) in [6, 6.07) is 12.7. The minimum absolute atomic E-state index is 0.0921. The summed E-state index contributed by atoms with van der Waals surface area (Å²) in [7, 11) is 0. The van der Waals surface area contributed by atoms with Crippen molar-refractivity contribution in [3.63, 3.8) is 0 Å². The molecule has 6 rings (SSSR count). The van der Waals surface area contributed by atoms with Gasteiger partial charge in [0.2, 0.25) is 5.91 Å². The van der Waals surface area contributed by atoms with E-state index in [1.807, 2.05) is 38.1 Å². The van der Waals surface area contributed by atoms with Crippen molar-refractivity contribution < 1.29 is 23.9 Å². The average Bonchev–Trinajstić information content (AvgIpc) is 3.47. The molecule has 1 N–H and O–H groups in total. The summed E-state index contributed by atoms with van der Waals surface area (Å²) in [5.41, 5.74) is 0.205. The fourth-order valence-electron chi connectivity index (χ4n) is 6.03. The number of anilines is 1. The molecular formula is C28H28N4O6. The highest BCUT2D eigenvalue weighted by atomic mass is 16.6. The molecular weight excluding hydrogens is 488 g/mol. The first-order chi connectivity index (χ1) is 18.1. The number of hydrogen-bond acceptors (Lipinski definition) is 8. The van der Waals surface area contributed by atoms with Crippen LogP contribution in [0.15, 0.2) is 53.3 Å². The largest absolute Gasteiger partial charge is 0.454 e. The van der Waals surface area contributed by atoms with Gasteiger partial charge in [-0.1, -0.05) is 44.2 Å². The van der Waals surface area contributed by atoms with E-state index in [0.717, 1.165) is 0 Å². The van der Waals surface area contributed by atoms with E-state index < -0.39 is 47.5 Å². The summed E-state index contributed by atoms with van der Waals surface area (Å²) in [4.78, 5) is 59.1. The standard InChI is InChI=1S/C28H28N4O6/c1-14(2)22(37-16(4)33)23-30-19-11-7-5-9-17(19)25(35)31(23)21-13-28(38-26(21)36)18-10-6-8-12-20(18)32-24(34)15(3)29-27(28)32/h5-12,14-15,21-22,27,29H,13H2,1-4H3/t15-,21-,22+,27-,28+/m0/s1. The van der Waals surface area contributed by atoms with Gasteiger partial charge in [-0.25, -0.2) is 9.78 Å². The van der Waals surface area contributed by atoms with Crippen molar-refractivity contribution in [2.24, 2.45) is 5.92 Å². The average molecular weight is 517 g/mol. The zero-order valence-electron chi connectivity index (χ0n) is 21.5. The molecule has 5 atom stereocenters. The number of hydrogen-bond donors (Lipinski definition) is 1. The van der Waals surface area contributed by atoms with Gasteiger partial charge in [0, 0.05) is 18.9 Å². The Morgan fingerprint density at radius 2 is 1.84 bits per heavy atom. The Hall–Kier alpha value is -4.05. The number of nitrogens with zero attached hydrogens (tertiary/aromatic N) is 3. The summed E-state index contributed by atoms with van der Waals surface area (Å²) < 4.78 is 13.1. The fraction of sp³-hybridized carbons (Fsp3) is 0.393. The Morgan fingerprint density at radius 1 is 1.13 bits per heavy atom. The van der Waals surface area contributed by atoms with Crippen LogP contribution in [0.3, 0.4) is 0 Å². The van der Waals surface area contributed by atoms with Crippen LogP contribution in [0.1, 0.15) is 57.6 Å². The molecule has 1 aromatic heterocycles. The van der Waals surface area contributed by atoms with Gasteiger partial charge in [0.05, 0.1) is 22.6 Å². The lowest BCUT2D eigenvalue weighted by Crippen LogP contribution is -2.49. The van der Waals surface area contributed by atoms with E-state index in [1.165, 1.54) is 11.5 Å². The molecule has 2 fully saturated rings. The molecule has 4 heterocycles. The van der Waals surface area contributed by atoms with Gasteiger partial charge in [-0.05, 0) is 31.0 Å². The van der Waals surface area contributed by atoms with Crippen molar-refractivity contribution >= 4 is 34.4 Å². The lowest BCUT2D eigenvalue weighted by atomic mass is 9.88. The molecule has 3 aliphatic heterocycles. The topological polar surface area (TPSA) is 120 Å². The number of esters is 2. The molecule has 2 aromatic carbocycles. The first-order valence-electron chi connectivity index (χ1n) is 12.7. The third kappa shape index (κ3) is 3.32. The zero-order chi connectivity index (χ0) is 26.9. The minimum atomic E-state index is -1.20. The number of carbonyl (C=O) groups excluding carboxylic acids is 3. The van der Waals surface area contributed by atoms with Gasteiger partial charge >= 0.3 is 11.9 Å². The molecule has 0 unspecified atom stereocenters. The van der Waals surface area contributed by atoms with Gasteiger partial charge in [0.25, 0.3) is 5.56 Å². The maximum atomic E-state index is 14.0. The van der Waals surface area contributed by atoms with E-state index in [-0.39, 0.29) is 24.1 Å². The highest BCUT2D eigenvalue weighted by molar-refractivity contribution is 6.03. The molecule has 2 saturated heterocycles. The number of ether oxygens (including phenoxy) is 2. The summed E-state index contributed by atoms with van der Waals surface area (Å²) >= 11 is 0. The predicted octanol–water partition coefficient (Wildman–Crippen LogP) is 2.70. The number of fused-ring (bicyclic) bond motifs is 6. The molecule has 0 saturated carbocycles. The molecule has 3 aromatic rings. The number of rotatable bonds is 4. The molecule has 38 heavy (non-hydrogen) atoms. The Bertz CT molecular complexity index is 1560. The highest BCUT2D eigenvalue weighted by Gasteiger charge is 2.64. The lowest BCUT2D eigenvalue weighted by molar-refractivity contribution is -0.152. The molecule has 196 valence electrons. The first kappa shape index (κ1) is 24.3. The summed E-state index contributed by atoms with van der Waals surface area (Å²) in [5.74, 6) is -1.29. The van der Waals surface area contributed by atoms with Gasteiger partial charge in [-0.3, -0.25) is 29.2 Å². The van der Waals surface area contributed by atoms with E-state index in [1.54, 1.807) is 36.1 Å². The number of carbonyl (C=O) groups is 3. The first-order valence-corrected chi connectivity index (χ1v) is 12.7. The van der Waals surface area contributed by atoms with Crippen LogP contribution in [0.25, 0.3) is 10.9 Å². The Labute approximate surface area is 218 Å². The van der Waals surface area contributed by atoms with Crippen LogP contribution in [-0.4, -0.2) is 39.6 Å². The summed E-state index contributed by atoms with van der Waals surface area (Å²) in [6.45, 7) is 6.78. The summed E-state index contributed by atoms with van der Waals surface area (Å²) in [5, 5.41) is 3.63. The molecule has 0 bridgehead atoms. The highest BCUT2D eigenvalue weighted by Crippen LogP contribution is 2.55. The molecule has 10 nitrogen and oxygen atoms in total. The van der Waals surface area contributed by atoms with E-state index >= 15 is 0 Å². The maximum absolute atomic E-state index is 14.0. The number of aromatic nitrogens is 2. The maximum Gasteiger partial charge on any atom is 0.330 e. The number of amides is 1. The van der Waals surface area contributed by atoms with E-state index in [9.17, 15) is 19.2 Å². The van der Waals surface area contributed by atoms with E-state index in [2.05, 4.69) is 5.32 Å². The monoisotopic (exact) mass is 516 g/mol. The number of benzene rings is 2. The number of para-hydroxylation sites is 2. The summed E-state index contributed by atoms with van der Waals surface area (Å²) in [6.07, 6.45) is -1.39. The van der Waals surface area contributed by atoms with Crippen LogP contribution in [0.2, 0.25) is 0 Å². The normalized spacial score (nSPS) is 26.7. The van der Waals surface area contributed by atoms with Crippen molar-refractivity contribution in [2.75, 3.05) is 4.90 Å². The van der Waals surface area contributed by atoms with Crippen LogP contribution < -0.4 is 15.8 Å². The van der Waals surface area contributed by atoms with Gasteiger partial charge in [-0.15, -0.1) is 0 Å². The molecule has 0 radical (unpaired) electrons. The second-order valence-electron chi connectivity index (χ2n) is 10.5. The Morgan fingerprint density at radius 3 is 2.58 bits per heavy atom. The van der Waals surface area contributed by atoms with Crippen LogP contribution in [-0.2, 0) is 29.5 Å². The van der Waals surface area contributed by atoms with Crippen molar-refractivity contribution in [1.29, 1.82) is 0 Å². The van der Waals surface area contributed by atoms with Crippen LogP contribution in [0.5, 0.6) is 0 Å².